The van der Waals surface area contributed by atoms with E-state index in [1.54, 1.807) is 18.3 Å². The molecule has 2 aromatic heterocycles. The van der Waals surface area contributed by atoms with Gasteiger partial charge in [0.1, 0.15) is 11.2 Å². The van der Waals surface area contributed by atoms with Gasteiger partial charge >= 0.3 is 0 Å². The molecular formula is C23H15NO. The summed E-state index contributed by atoms with van der Waals surface area (Å²) in [4.78, 5) is 4.42. The molecule has 0 atom stereocenters. The van der Waals surface area contributed by atoms with E-state index in [4.69, 9.17) is 11.3 Å². The first-order chi connectivity index (χ1) is 14.5. The van der Waals surface area contributed by atoms with Crippen LogP contribution >= 0.6 is 0 Å². The van der Waals surface area contributed by atoms with E-state index in [1.807, 2.05) is 42.5 Å². The molecule has 25 heavy (non-hydrogen) atoms. The molecule has 2 heterocycles. The van der Waals surface area contributed by atoms with Crippen LogP contribution in [0.3, 0.4) is 0 Å². The summed E-state index contributed by atoms with van der Waals surface area (Å²) in [6, 6.07) is 15.3. The molecule has 0 N–H and O–H groups in total. The maximum atomic E-state index is 8.22. The lowest BCUT2D eigenvalue weighted by Gasteiger charge is -2.00. The Morgan fingerprint density at radius 1 is 0.800 bits per heavy atom. The van der Waals surface area contributed by atoms with Crippen molar-refractivity contribution in [3.63, 3.8) is 0 Å². The Labute approximate surface area is 152 Å². The highest BCUT2D eigenvalue weighted by molar-refractivity contribution is 6.10. The standard InChI is InChI=1S/C23H15NO/c1-2-7-16(8-3-1)17-12-13-18-19-9-6-10-20(21-11-4-5-14-24-21)23(19)25-22(18)15-17/h1-15H/i1D,2D,3D,7D,8D. The molecule has 0 saturated carbocycles. The van der Waals surface area contributed by atoms with Gasteiger partial charge in [-0.3, -0.25) is 4.98 Å². The monoisotopic (exact) mass is 326 g/mol. The average molecular weight is 326 g/mol. The van der Waals surface area contributed by atoms with Gasteiger partial charge in [-0.15, -0.1) is 0 Å². The third kappa shape index (κ3) is 2.31. The van der Waals surface area contributed by atoms with E-state index in [0.717, 1.165) is 22.0 Å². The van der Waals surface area contributed by atoms with E-state index >= 15 is 0 Å². The predicted octanol–water partition coefficient (Wildman–Crippen LogP) is 6.32. The van der Waals surface area contributed by atoms with Crippen LogP contribution in [0.25, 0.3) is 44.3 Å². The molecule has 0 bridgehead atoms. The van der Waals surface area contributed by atoms with Crippen LogP contribution in [0.2, 0.25) is 0 Å². The Bertz CT molecular complexity index is 1410. The lowest BCUT2D eigenvalue weighted by Crippen LogP contribution is -1.81. The minimum absolute atomic E-state index is 0.160. The van der Waals surface area contributed by atoms with E-state index < -0.39 is 6.04 Å². The number of pyridine rings is 1. The van der Waals surface area contributed by atoms with Crippen LogP contribution < -0.4 is 0 Å². The minimum Gasteiger partial charge on any atom is -0.455 e. The van der Waals surface area contributed by atoms with Gasteiger partial charge in [0.25, 0.3) is 0 Å². The number of rotatable bonds is 2. The summed E-state index contributed by atoms with van der Waals surface area (Å²) < 4.78 is 46.2. The van der Waals surface area contributed by atoms with Crippen molar-refractivity contribution in [1.82, 2.24) is 4.98 Å². The van der Waals surface area contributed by atoms with Gasteiger partial charge in [0, 0.05) is 22.5 Å². The van der Waals surface area contributed by atoms with E-state index in [0.29, 0.717) is 16.7 Å². The summed E-state index contributed by atoms with van der Waals surface area (Å²) in [5, 5.41) is 1.82. The molecule has 2 heteroatoms. The molecule has 0 radical (unpaired) electrons. The Hall–Kier alpha value is -3.39. The van der Waals surface area contributed by atoms with Crippen LogP contribution in [0.1, 0.15) is 6.85 Å². The first kappa shape index (κ1) is 9.80. The number of fused-ring (bicyclic) bond motifs is 3. The average Bonchev–Trinajstić information content (AvgIpc) is 3.15. The van der Waals surface area contributed by atoms with E-state index in [2.05, 4.69) is 4.98 Å². The van der Waals surface area contributed by atoms with Crippen molar-refractivity contribution in [1.29, 1.82) is 0 Å². The van der Waals surface area contributed by atoms with E-state index in [9.17, 15) is 0 Å². The number of para-hydroxylation sites is 1. The molecule has 0 aliphatic heterocycles. The fourth-order valence-electron chi connectivity index (χ4n) is 3.07. The van der Waals surface area contributed by atoms with Gasteiger partial charge in [0.05, 0.1) is 12.5 Å². The van der Waals surface area contributed by atoms with Gasteiger partial charge in [-0.05, 0) is 41.5 Å². The molecule has 5 aromatic rings. The zero-order chi connectivity index (χ0) is 21.0. The SMILES string of the molecule is [2H]c1c([2H])c([2H])c(-c2ccc3c(c2)oc2c(-c4ccccn4)cccc23)c([2H])c1[2H]. The van der Waals surface area contributed by atoms with Crippen molar-refractivity contribution < 1.29 is 11.3 Å². The molecule has 3 aromatic carbocycles. The van der Waals surface area contributed by atoms with Gasteiger partial charge in [0.15, 0.2) is 0 Å². The second-order valence-corrected chi connectivity index (χ2v) is 5.71. The number of hydrogen-bond donors (Lipinski definition) is 0. The smallest absolute Gasteiger partial charge is 0.144 e. The topological polar surface area (TPSA) is 26.0 Å². The molecule has 0 unspecified atom stereocenters. The van der Waals surface area contributed by atoms with Crippen molar-refractivity contribution in [2.24, 2.45) is 0 Å². The molecule has 0 aliphatic rings. The van der Waals surface area contributed by atoms with Crippen molar-refractivity contribution in [3.8, 4) is 22.4 Å². The Balaban J connectivity index is 1.77. The van der Waals surface area contributed by atoms with Gasteiger partial charge in [-0.25, -0.2) is 0 Å². The van der Waals surface area contributed by atoms with Crippen molar-refractivity contribution >= 4 is 21.9 Å². The molecular weight excluding hydrogens is 306 g/mol. The van der Waals surface area contributed by atoms with Gasteiger partial charge in [-0.1, -0.05) is 54.5 Å². The Morgan fingerprint density at radius 2 is 1.72 bits per heavy atom. The van der Waals surface area contributed by atoms with E-state index in [1.165, 1.54) is 0 Å². The highest BCUT2D eigenvalue weighted by atomic mass is 16.3. The van der Waals surface area contributed by atoms with Crippen LogP contribution in [-0.2, 0) is 0 Å². The maximum Gasteiger partial charge on any atom is 0.144 e. The highest BCUT2D eigenvalue weighted by Gasteiger charge is 2.13. The van der Waals surface area contributed by atoms with E-state index in [-0.39, 0.29) is 29.7 Å². The number of furan rings is 1. The number of aromatic nitrogens is 1. The third-order valence-electron chi connectivity index (χ3n) is 4.23. The van der Waals surface area contributed by atoms with Crippen molar-refractivity contribution in [3.05, 3.63) is 91.0 Å². The van der Waals surface area contributed by atoms with Crippen LogP contribution in [-0.4, -0.2) is 4.98 Å². The van der Waals surface area contributed by atoms with Crippen LogP contribution in [0.15, 0.2) is 95.4 Å². The zero-order valence-electron chi connectivity index (χ0n) is 18.1. The first-order valence-electron chi connectivity index (χ1n) is 10.4. The van der Waals surface area contributed by atoms with Crippen molar-refractivity contribution in [2.75, 3.05) is 0 Å². The maximum absolute atomic E-state index is 8.22. The summed E-state index contributed by atoms with van der Waals surface area (Å²) in [7, 11) is 0. The minimum atomic E-state index is -0.404. The summed E-state index contributed by atoms with van der Waals surface area (Å²) in [5.41, 5.74) is 3.62. The molecule has 0 aliphatic carbocycles. The normalized spacial score (nSPS) is 14.0. The lowest BCUT2D eigenvalue weighted by atomic mass is 10.0. The van der Waals surface area contributed by atoms with Gasteiger partial charge in [-0.2, -0.15) is 0 Å². The third-order valence-corrected chi connectivity index (χ3v) is 4.23. The number of hydrogen-bond acceptors (Lipinski definition) is 2. The summed E-state index contributed by atoms with van der Waals surface area (Å²) >= 11 is 0. The number of nitrogens with zero attached hydrogens (tertiary/aromatic N) is 1. The zero-order valence-corrected chi connectivity index (χ0v) is 13.1. The molecule has 0 fully saturated rings. The first-order valence-corrected chi connectivity index (χ1v) is 7.91. The molecule has 5 rings (SSSR count). The summed E-state index contributed by atoms with van der Waals surface area (Å²) in [6.45, 7) is 0. The Kier molecular flexibility index (Phi) is 2.20. The van der Waals surface area contributed by atoms with Gasteiger partial charge < -0.3 is 4.42 Å². The fraction of sp³-hybridized carbons (Fsp3) is 0. The Morgan fingerprint density at radius 3 is 2.56 bits per heavy atom. The molecule has 0 spiro atoms. The second kappa shape index (κ2) is 5.60. The lowest BCUT2D eigenvalue weighted by molar-refractivity contribution is 0.670. The predicted molar refractivity (Wildman–Crippen MR) is 102 cm³/mol. The fourth-order valence-corrected chi connectivity index (χ4v) is 3.07. The molecule has 0 saturated heterocycles. The summed E-state index contributed by atoms with van der Waals surface area (Å²) in [6.07, 6.45) is 1.73. The molecule has 118 valence electrons. The quantitative estimate of drug-likeness (QED) is 0.379. The molecule has 2 nitrogen and oxygen atoms in total. The van der Waals surface area contributed by atoms with Gasteiger partial charge in [0.2, 0.25) is 0 Å². The largest absolute Gasteiger partial charge is 0.455 e. The van der Waals surface area contributed by atoms with Crippen LogP contribution in [0, 0.1) is 0 Å². The summed E-state index contributed by atoms with van der Waals surface area (Å²) in [5.74, 6) is 0. The van der Waals surface area contributed by atoms with Crippen molar-refractivity contribution in [2.45, 2.75) is 0 Å². The number of benzene rings is 3. The van der Waals surface area contributed by atoms with Crippen LogP contribution in [0.5, 0.6) is 0 Å². The highest BCUT2D eigenvalue weighted by Crippen LogP contribution is 2.36. The molecule has 0 amide bonds. The second-order valence-electron chi connectivity index (χ2n) is 5.71. The van der Waals surface area contributed by atoms with Crippen LogP contribution in [0.4, 0.5) is 0 Å².